The van der Waals surface area contributed by atoms with Crippen LogP contribution in [0.25, 0.3) is 0 Å². The second kappa shape index (κ2) is 4.74. The average molecular weight is 232 g/mol. The van der Waals surface area contributed by atoms with E-state index < -0.39 is 16.6 Å². The van der Waals surface area contributed by atoms with Gasteiger partial charge in [0.25, 0.3) is 0 Å². The molecule has 0 aliphatic heterocycles. The molecular weight excluding hydrogens is 208 g/mol. The van der Waals surface area contributed by atoms with Gasteiger partial charge in [0, 0.05) is 0 Å². The van der Waals surface area contributed by atoms with Gasteiger partial charge in [-0.1, -0.05) is 6.58 Å². The van der Waals surface area contributed by atoms with Crippen LogP contribution in [0, 0.1) is 0 Å². The molecule has 0 fully saturated rings. The molecule has 0 saturated heterocycles. The molecule has 0 aliphatic carbocycles. The minimum absolute atomic E-state index is 0.201. The van der Waals surface area contributed by atoms with Crippen LogP contribution in [-0.4, -0.2) is 22.9 Å². The van der Waals surface area contributed by atoms with Crippen LogP contribution in [-0.2, 0) is 8.85 Å². The summed E-state index contributed by atoms with van der Waals surface area (Å²) in [5.41, 5.74) is 0.967. The molecule has 0 atom stereocenters. The summed E-state index contributed by atoms with van der Waals surface area (Å²) in [6.45, 7) is 18.9. The maximum absolute atomic E-state index is 5.93. The first-order valence-corrected chi connectivity index (χ1v) is 11.8. The zero-order valence-corrected chi connectivity index (χ0v) is 12.6. The van der Waals surface area contributed by atoms with Crippen LogP contribution in [0.15, 0.2) is 12.2 Å². The van der Waals surface area contributed by atoms with E-state index in [1.54, 1.807) is 0 Å². The minimum atomic E-state index is -1.55. The van der Waals surface area contributed by atoms with Crippen LogP contribution in [0.5, 0.6) is 0 Å². The summed E-state index contributed by atoms with van der Waals surface area (Å²) < 4.78 is 11.9. The van der Waals surface area contributed by atoms with Gasteiger partial charge in [-0.15, -0.1) is 0 Å². The van der Waals surface area contributed by atoms with E-state index in [0.29, 0.717) is 0 Å². The Labute approximate surface area is 90.6 Å². The Morgan fingerprint density at radius 2 is 1.21 bits per heavy atom. The molecule has 0 aliphatic rings. The third kappa shape index (κ3) is 7.49. The maximum atomic E-state index is 5.93. The highest BCUT2D eigenvalue weighted by atomic mass is 28.4. The zero-order valence-electron chi connectivity index (χ0n) is 10.6. The van der Waals surface area contributed by atoms with Gasteiger partial charge in [0.1, 0.15) is 0 Å². The Kier molecular flexibility index (Phi) is 4.77. The molecule has 0 saturated carbocycles. The molecule has 0 bridgehead atoms. The zero-order chi connectivity index (χ0) is 11.6. The lowest BCUT2D eigenvalue weighted by Gasteiger charge is -2.31. The standard InChI is InChI=1S/C10H24O2Si2/c1-9(2)10(11-13(3,4)5)12-14(6,7)8/h10H,1H2,2-8H3. The molecule has 0 aromatic carbocycles. The van der Waals surface area contributed by atoms with Gasteiger partial charge >= 0.3 is 0 Å². The van der Waals surface area contributed by atoms with Gasteiger partial charge in [0.2, 0.25) is 0 Å². The normalized spacial score (nSPS) is 13.4. The first-order chi connectivity index (χ1) is 6.01. The fourth-order valence-corrected chi connectivity index (χ4v) is 2.75. The lowest BCUT2D eigenvalue weighted by atomic mass is 10.3. The summed E-state index contributed by atoms with van der Waals surface area (Å²) in [5, 5.41) is 0. The van der Waals surface area contributed by atoms with Crippen molar-refractivity contribution in [3.8, 4) is 0 Å². The van der Waals surface area contributed by atoms with Crippen LogP contribution in [0.3, 0.4) is 0 Å². The first-order valence-electron chi connectivity index (χ1n) is 5.02. The highest BCUT2D eigenvalue weighted by Gasteiger charge is 2.27. The topological polar surface area (TPSA) is 18.5 Å². The summed E-state index contributed by atoms with van der Waals surface area (Å²) in [7, 11) is -3.09. The molecule has 14 heavy (non-hydrogen) atoms. The summed E-state index contributed by atoms with van der Waals surface area (Å²) in [4.78, 5) is 0. The SMILES string of the molecule is C=C(C)C(O[Si](C)(C)C)O[Si](C)(C)C. The van der Waals surface area contributed by atoms with Crippen molar-refractivity contribution >= 4 is 16.6 Å². The Balaban J connectivity index is 4.40. The Morgan fingerprint density at radius 3 is 1.36 bits per heavy atom. The van der Waals surface area contributed by atoms with Gasteiger partial charge < -0.3 is 8.85 Å². The molecule has 0 aromatic heterocycles. The van der Waals surface area contributed by atoms with Crippen molar-refractivity contribution in [2.75, 3.05) is 0 Å². The van der Waals surface area contributed by atoms with Gasteiger partial charge in [-0.25, -0.2) is 0 Å². The summed E-state index contributed by atoms with van der Waals surface area (Å²) in [6.07, 6.45) is -0.201. The van der Waals surface area contributed by atoms with Crippen LogP contribution in [0.2, 0.25) is 39.3 Å². The lowest BCUT2D eigenvalue weighted by molar-refractivity contribution is 0.0246. The average Bonchev–Trinajstić information content (AvgIpc) is 1.78. The summed E-state index contributed by atoms with van der Waals surface area (Å²) in [5.74, 6) is 0. The van der Waals surface area contributed by atoms with Crippen molar-refractivity contribution in [2.24, 2.45) is 0 Å². The number of hydrogen-bond donors (Lipinski definition) is 0. The van der Waals surface area contributed by atoms with Gasteiger partial charge in [-0.3, -0.25) is 0 Å². The quantitative estimate of drug-likeness (QED) is 0.410. The van der Waals surface area contributed by atoms with E-state index in [1.807, 2.05) is 6.92 Å². The first kappa shape index (κ1) is 14.1. The second-order valence-electron chi connectivity index (χ2n) is 5.64. The molecule has 0 aromatic rings. The van der Waals surface area contributed by atoms with E-state index in [0.717, 1.165) is 5.57 Å². The Hall–Kier alpha value is 0.0938. The second-order valence-corrected chi connectivity index (χ2v) is 14.6. The van der Waals surface area contributed by atoms with E-state index in [9.17, 15) is 0 Å². The molecule has 0 heterocycles. The maximum Gasteiger partial charge on any atom is 0.187 e. The summed E-state index contributed by atoms with van der Waals surface area (Å²) in [6, 6.07) is 0. The van der Waals surface area contributed by atoms with Crippen molar-refractivity contribution in [1.29, 1.82) is 0 Å². The van der Waals surface area contributed by atoms with Crippen molar-refractivity contribution < 1.29 is 8.85 Å². The smallest absolute Gasteiger partial charge is 0.187 e. The van der Waals surface area contributed by atoms with Gasteiger partial charge in [-0.2, -0.15) is 0 Å². The van der Waals surface area contributed by atoms with Crippen LogP contribution >= 0.6 is 0 Å². The molecule has 0 spiro atoms. The van der Waals surface area contributed by atoms with E-state index in [1.165, 1.54) is 0 Å². The number of hydrogen-bond acceptors (Lipinski definition) is 2. The Morgan fingerprint density at radius 1 is 0.929 bits per heavy atom. The highest BCUT2D eigenvalue weighted by Crippen LogP contribution is 2.18. The molecule has 0 rings (SSSR count). The Bertz CT molecular complexity index is 185. The molecule has 0 unspecified atom stereocenters. The monoisotopic (exact) mass is 232 g/mol. The van der Waals surface area contributed by atoms with E-state index >= 15 is 0 Å². The van der Waals surface area contributed by atoms with Crippen molar-refractivity contribution in [1.82, 2.24) is 0 Å². The van der Waals surface area contributed by atoms with Gasteiger partial charge in [-0.05, 0) is 51.8 Å². The molecule has 0 N–H and O–H groups in total. The van der Waals surface area contributed by atoms with Crippen LogP contribution in [0.1, 0.15) is 6.92 Å². The molecule has 2 nitrogen and oxygen atoms in total. The fraction of sp³-hybridized carbons (Fsp3) is 0.800. The van der Waals surface area contributed by atoms with E-state index in [-0.39, 0.29) is 6.29 Å². The third-order valence-corrected chi connectivity index (χ3v) is 3.17. The summed E-state index contributed by atoms with van der Waals surface area (Å²) >= 11 is 0. The van der Waals surface area contributed by atoms with Crippen LogP contribution in [0.4, 0.5) is 0 Å². The van der Waals surface area contributed by atoms with E-state index in [4.69, 9.17) is 8.85 Å². The van der Waals surface area contributed by atoms with Crippen molar-refractivity contribution in [2.45, 2.75) is 52.5 Å². The lowest BCUT2D eigenvalue weighted by Crippen LogP contribution is -2.40. The molecular formula is C10H24O2Si2. The molecule has 4 heteroatoms. The minimum Gasteiger partial charge on any atom is -0.391 e. The van der Waals surface area contributed by atoms with Gasteiger partial charge in [0.15, 0.2) is 22.9 Å². The van der Waals surface area contributed by atoms with Crippen molar-refractivity contribution in [3.63, 3.8) is 0 Å². The number of rotatable bonds is 5. The fourth-order valence-electron chi connectivity index (χ4n) is 0.867. The van der Waals surface area contributed by atoms with E-state index in [2.05, 4.69) is 45.9 Å². The largest absolute Gasteiger partial charge is 0.391 e. The van der Waals surface area contributed by atoms with Crippen molar-refractivity contribution in [3.05, 3.63) is 12.2 Å². The molecule has 0 radical (unpaired) electrons. The third-order valence-electron chi connectivity index (χ3n) is 1.32. The predicted molar refractivity (Wildman–Crippen MR) is 67.5 cm³/mol. The highest BCUT2D eigenvalue weighted by molar-refractivity contribution is 6.70. The predicted octanol–water partition coefficient (Wildman–Crippen LogP) is 3.59. The van der Waals surface area contributed by atoms with Gasteiger partial charge in [0.05, 0.1) is 0 Å². The van der Waals surface area contributed by atoms with Crippen LogP contribution < -0.4 is 0 Å². The molecule has 84 valence electrons. The molecule has 0 amide bonds.